The number of nitro groups is 1. The lowest BCUT2D eigenvalue weighted by molar-refractivity contribution is -0.384. The molecule has 0 N–H and O–H groups in total. The summed E-state index contributed by atoms with van der Waals surface area (Å²) in [5.41, 5.74) is 1.06. The summed E-state index contributed by atoms with van der Waals surface area (Å²) in [7, 11) is -1.81. The molecular formula is C18H17N3O5S2. The Hall–Kier alpha value is -2.72. The number of ether oxygens (including phenoxy) is 1. The second-order valence-electron chi connectivity index (χ2n) is 6.68. The Morgan fingerprint density at radius 3 is 2.36 bits per heavy atom. The van der Waals surface area contributed by atoms with E-state index in [4.69, 9.17) is 17.0 Å². The number of methoxy groups -OCH3 is 1. The van der Waals surface area contributed by atoms with E-state index in [9.17, 15) is 18.5 Å². The molecule has 0 amide bonds. The Labute approximate surface area is 167 Å². The first-order valence-corrected chi connectivity index (χ1v) is 10.8. The molecule has 0 spiro atoms. The van der Waals surface area contributed by atoms with Crippen LogP contribution in [0.15, 0.2) is 48.5 Å². The van der Waals surface area contributed by atoms with Gasteiger partial charge in [0.15, 0.2) is 14.9 Å². The number of rotatable bonds is 4. The van der Waals surface area contributed by atoms with Gasteiger partial charge in [0, 0.05) is 17.8 Å². The van der Waals surface area contributed by atoms with Crippen molar-refractivity contribution in [3.63, 3.8) is 0 Å². The van der Waals surface area contributed by atoms with Crippen molar-refractivity contribution in [3.05, 3.63) is 58.6 Å². The summed E-state index contributed by atoms with van der Waals surface area (Å²) in [6.07, 6.45) is 0. The number of sulfone groups is 1. The zero-order valence-electron chi connectivity index (χ0n) is 14.9. The van der Waals surface area contributed by atoms with Crippen molar-refractivity contribution in [2.45, 2.75) is 12.1 Å². The molecule has 2 saturated heterocycles. The Balaban J connectivity index is 1.86. The van der Waals surface area contributed by atoms with Crippen molar-refractivity contribution in [3.8, 4) is 5.75 Å². The monoisotopic (exact) mass is 419 g/mol. The van der Waals surface area contributed by atoms with Crippen LogP contribution in [0.4, 0.5) is 17.1 Å². The third-order valence-electron chi connectivity index (χ3n) is 5.04. The van der Waals surface area contributed by atoms with Gasteiger partial charge in [-0.25, -0.2) is 8.42 Å². The molecule has 28 heavy (non-hydrogen) atoms. The van der Waals surface area contributed by atoms with Crippen LogP contribution in [-0.2, 0) is 9.84 Å². The molecule has 4 rings (SSSR count). The van der Waals surface area contributed by atoms with Crippen LogP contribution in [0.25, 0.3) is 0 Å². The first-order chi connectivity index (χ1) is 13.3. The lowest BCUT2D eigenvalue weighted by Gasteiger charge is -2.26. The number of para-hydroxylation sites is 1. The highest BCUT2D eigenvalue weighted by atomic mass is 32.2. The van der Waals surface area contributed by atoms with Crippen molar-refractivity contribution in [1.82, 2.24) is 0 Å². The molecule has 2 atom stereocenters. The Morgan fingerprint density at radius 2 is 1.75 bits per heavy atom. The number of nitro benzene ring substituents is 1. The largest absolute Gasteiger partial charge is 0.495 e. The Morgan fingerprint density at radius 1 is 1.11 bits per heavy atom. The smallest absolute Gasteiger partial charge is 0.271 e. The molecule has 146 valence electrons. The highest BCUT2D eigenvalue weighted by Gasteiger charge is 2.53. The molecule has 2 aliphatic rings. The van der Waals surface area contributed by atoms with Gasteiger partial charge >= 0.3 is 0 Å². The van der Waals surface area contributed by atoms with Crippen molar-refractivity contribution in [2.75, 3.05) is 28.4 Å². The molecular weight excluding hydrogens is 402 g/mol. The molecule has 2 fully saturated rings. The summed E-state index contributed by atoms with van der Waals surface area (Å²) in [4.78, 5) is 14.3. The number of fused-ring (bicyclic) bond motifs is 1. The van der Waals surface area contributed by atoms with Crippen LogP contribution in [-0.4, -0.2) is 49.2 Å². The minimum absolute atomic E-state index is 0.0273. The second kappa shape index (κ2) is 6.71. The maximum Gasteiger partial charge on any atom is 0.271 e. The lowest BCUT2D eigenvalue weighted by Crippen LogP contribution is -2.37. The van der Waals surface area contributed by atoms with Gasteiger partial charge in [-0.2, -0.15) is 0 Å². The van der Waals surface area contributed by atoms with E-state index in [0.717, 1.165) is 5.69 Å². The summed E-state index contributed by atoms with van der Waals surface area (Å²) in [6, 6.07) is 12.7. The Kier molecular flexibility index (Phi) is 4.47. The third-order valence-corrected chi connectivity index (χ3v) is 7.13. The SMILES string of the molecule is COc1ccc([N+](=O)[O-])cc1N1C(=S)N(c2ccccc2)[C@H]2CS(=O)(=O)C[C@H]21. The molecule has 2 aromatic carbocycles. The summed E-state index contributed by atoms with van der Waals surface area (Å²) in [6.45, 7) is 0. The Bertz CT molecular complexity index is 1060. The molecule has 2 aliphatic heterocycles. The van der Waals surface area contributed by atoms with Crippen molar-refractivity contribution >= 4 is 44.2 Å². The van der Waals surface area contributed by atoms with Gasteiger partial charge in [-0.15, -0.1) is 0 Å². The normalized spacial score (nSPS) is 23.0. The standard InChI is InChI=1S/C18H17N3O5S2/c1-26-17-8-7-13(21(22)23)9-14(17)20-16-11-28(24,25)10-15(16)19(18(20)27)12-5-3-2-4-6-12/h2-9,15-16H,10-11H2,1H3/t15-,16+/m0/s1. The van der Waals surface area contributed by atoms with E-state index >= 15 is 0 Å². The molecule has 10 heteroatoms. The lowest BCUT2D eigenvalue weighted by atomic mass is 10.1. The van der Waals surface area contributed by atoms with Crippen molar-refractivity contribution < 1.29 is 18.1 Å². The number of hydrogen-bond acceptors (Lipinski definition) is 6. The fourth-order valence-electron chi connectivity index (χ4n) is 3.86. The minimum atomic E-state index is -3.27. The molecule has 2 aromatic rings. The summed E-state index contributed by atoms with van der Waals surface area (Å²) >= 11 is 5.70. The van der Waals surface area contributed by atoms with E-state index in [1.54, 1.807) is 4.90 Å². The van der Waals surface area contributed by atoms with E-state index in [1.807, 2.05) is 35.2 Å². The fourth-order valence-corrected chi connectivity index (χ4v) is 6.25. The van der Waals surface area contributed by atoms with Gasteiger partial charge in [0.1, 0.15) is 5.75 Å². The van der Waals surface area contributed by atoms with Crippen molar-refractivity contribution in [2.24, 2.45) is 0 Å². The number of benzene rings is 2. The molecule has 0 saturated carbocycles. The van der Waals surface area contributed by atoms with E-state index < -0.39 is 20.8 Å². The first kappa shape index (κ1) is 18.6. The third kappa shape index (κ3) is 2.98. The van der Waals surface area contributed by atoms with Crippen LogP contribution in [0.3, 0.4) is 0 Å². The van der Waals surface area contributed by atoms with E-state index in [1.165, 1.54) is 25.3 Å². The predicted octanol–water partition coefficient (Wildman–Crippen LogP) is 2.38. The van der Waals surface area contributed by atoms with Crippen LogP contribution in [0, 0.1) is 10.1 Å². The minimum Gasteiger partial charge on any atom is -0.495 e. The van der Waals surface area contributed by atoms with E-state index in [-0.39, 0.29) is 23.2 Å². The van der Waals surface area contributed by atoms with Crippen LogP contribution in [0.1, 0.15) is 0 Å². The highest BCUT2D eigenvalue weighted by molar-refractivity contribution is 7.91. The number of thiocarbonyl (C=S) groups is 1. The topological polar surface area (TPSA) is 93.0 Å². The van der Waals surface area contributed by atoms with E-state index in [2.05, 4.69) is 0 Å². The molecule has 0 radical (unpaired) electrons. The summed E-state index contributed by atoms with van der Waals surface area (Å²) < 4.78 is 30.2. The summed E-state index contributed by atoms with van der Waals surface area (Å²) in [5, 5.41) is 11.7. The maximum atomic E-state index is 12.4. The molecule has 0 aromatic heterocycles. The van der Waals surface area contributed by atoms with Gasteiger partial charge in [-0.1, -0.05) is 18.2 Å². The second-order valence-corrected chi connectivity index (χ2v) is 9.20. The van der Waals surface area contributed by atoms with Gasteiger partial charge in [-0.3, -0.25) is 10.1 Å². The number of nitrogens with zero attached hydrogens (tertiary/aromatic N) is 3. The van der Waals surface area contributed by atoms with Gasteiger partial charge in [0.25, 0.3) is 5.69 Å². The fraction of sp³-hybridized carbons (Fsp3) is 0.278. The van der Waals surface area contributed by atoms with Gasteiger partial charge in [-0.05, 0) is 30.4 Å². The first-order valence-electron chi connectivity index (χ1n) is 8.53. The van der Waals surface area contributed by atoms with Crippen LogP contribution in [0.2, 0.25) is 0 Å². The average molecular weight is 419 g/mol. The molecule has 2 heterocycles. The molecule has 0 aliphatic carbocycles. The van der Waals surface area contributed by atoms with Gasteiger partial charge in [0.05, 0.1) is 41.3 Å². The quantitative estimate of drug-likeness (QED) is 0.424. The van der Waals surface area contributed by atoms with Crippen molar-refractivity contribution in [1.29, 1.82) is 0 Å². The number of anilines is 2. The van der Waals surface area contributed by atoms with Gasteiger partial charge in [0.2, 0.25) is 0 Å². The number of hydrogen-bond donors (Lipinski definition) is 0. The predicted molar refractivity (Wildman–Crippen MR) is 110 cm³/mol. The highest BCUT2D eigenvalue weighted by Crippen LogP contribution is 2.42. The zero-order valence-corrected chi connectivity index (χ0v) is 16.5. The van der Waals surface area contributed by atoms with Crippen LogP contribution < -0.4 is 14.5 Å². The summed E-state index contributed by atoms with van der Waals surface area (Å²) in [5.74, 6) is 0.291. The number of non-ortho nitro benzene ring substituents is 1. The average Bonchev–Trinajstić information content (AvgIpc) is 3.10. The maximum absolute atomic E-state index is 12.4. The van der Waals surface area contributed by atoms with Crippen LogP contribution in [0.5, 0.6) is 5.75 Å². The van der Waals surface area contributed by atoms with E-state index in [0.29, 0.717) is 16.5 Å². The van der Waals surface area contributed by atoms with Crippen LogP contribution >= 0.6 is 12.2 Å². The molecule has 0 bridgehead atoms. The molecule has 8 nitrogen and oxygen atoms in total. The molecule has 0 unspecified atom stereocenters. The zero-order chi connectivity index (χ0) is 20.1. The van der Waals surface area contributed by atoms with Gasteiger partial charge < -0.3 is 14.5 Å².